The number of benzene rings is 1. The topological polar surface area (TPSA) is 79.8 Å². The van der Waals surface area contributed by atoms with Crippen molar-refractivity contribution in [3.8, 4) is 6.07 Å². The van der Waals surface area contributed by atoms with Crippen LogP contribution >= 0.6 is 0 Å². The third-order valence-electron chi connectivity index (χ3n) is 2.48. The van der Waals surface area contributed by atoms with Gasteiger partial charge in [0.05, 0.1) is 16.2 Å². The molecular formula is C14H9N3O2. The second-order valence-electron chi connectivity index (χ2n) is 3.73. The number of nitriles is 1. The van der Waals surface area contributed by atoms with Gasteiger partial charge in [0.15, 0.2) is 0 Å². The van der Waals surface area contributed by atoms with Crippen LogP contribution in [0.15, 0.2) is 48.7 Å². The van der Waals surface area contributed by atoms with Gasteiger partial charge < -0.3 is 0 Å². The molecule has 0 saturated carbocycles. The van der Waals surface area contributed by atoms with Crippen LogP contribution in [-0.4, -0.2) is 9.91 Å². The zero-order valence-electron chi connectivity index (χ0n) is 9.85. The number of nitro benzene ring substituents is 1. The number of nitrogens with zero attached hydrogens (tertiary/aromatic N) is 3. The molecule has 0 saturated heterocycles. The first-order valence-electron chi connectivity index (χ1n) is 5.48. The Kier molecular flexibility index (Phi) is 3.64. The van der Waals surface area contributed by atoms with E-state index in [0.717, 1.165) is 0 Å². The number of aromatic nitrogens is 1. The lowest BCUT2D eigenvalue weighted by atomic mass is 10.1. The second kappa shape index (κ2) is 5.56. The average molecular weight is 251 g/mol. The van der Waals surface area contributed by atoms with E-state index in [0.29, 0.717) is 16.8 Å². The van der Waals surface area contributed by atoms with E-state index in [1.54, 1.807) is 42.6 Å². The molecular weight excluding hydrogens is 242 g/mol. The van der Waals surface area contributed by atoms with Crippen LogP contribution in [0.4, 0.5) is 5.69 Å². The van der Waals surface area contributed by atoms with E-state index in [1.807, 2.05) is 0 Å². The summed E-state index contributed by atoms with van der Waals surface area (Å²) in [6, 6.07) is 13.4. The Morgan fingerprint density at radius 1 is 1.26 bits per heavy atom. The fourth-order valence-corrected chi connectivity index (χ4v) is 1.54. The summed E-state index contributed by atoms with van der Waals surface area (Å²) in [6.07, 6.45) is 3.25. The third-order valence-corrected chi connectivity index (χ3v) is 2.48. The number of hydrogen-bond acceptors (Lipinski definition) is 4. The van der Waals surface area contributed by atoms with Gasteiger partial charge in [-0.05, 0) is 35.9 Å². The van der Waals surface area contributed by atoms with Crippen molar-refractivity contribution in [3.05, 3.63) is 70.0 Å². The van der Waals surface area contributed by atoms with Gasteiger partial charge in [-0.1, -0.05) is 6.07 Å². The monoisotopic (exact) mass is 251 g/mol. The van der Waals surface area contributed by atoms with Crippen molar-refractivity contribution < 1.29 is 4.92 Å². The number of non-ortho nitro benzene ring substituents is 1. The van der Waals surface area contributed by atoms with Crippen LogP contribution in [0.5, 0.6) is 0 Å². The van der Waals surface area contributed by atoms with Gasteiger partial charge in [0, 0.05) is 18.3 Å². The molecule has 1 heterocycles. The van der Waals surface area contributed by atoms with Crippen molar-refractivity contribution in [2.45, 2.75) is 0 Å². The molecule has 0 aliphatic heterocycles. The van der Waals surface area contributed by atoms with Crippen molar-refractivity contribution in [1.29, 1.82) is 5.26 Å². The summed E-state index contributed by atoms with van der Waals surface area (Å²) in [5.41, 5.74) is 1.72. The molecule has 0 unspecified atom stereocenters. The van der Waals surface area contributed by atoms with Gasteiger partial charge in [-0.3, -0.25) is 15.1 Å². The largest absolute Gasteiger partial charge is 0.269 e. The van der Waals surface area contributed by atoms with Crippen molar-refractivity contribution >= 4 is 17.3 Å². The Morgan fingerprint density at radius 2 is 2.00 bits per heavy atom. The van der Waals surface area contributed by atoms with E-state index in [1.165, 1.54) is 12.1 Å². The normalized spacial score (nSPS) is 10.8. The highest BCUT2D eigenvalue weighted by molar-refractivity contribution is 5.88. The number of rotatable bonds is 3. The molecule has 5 nitrogen and oxygen atoms in total. The Hall–Kier alpha value is -3.00. The molecule has 0 spiro atoms. The van der Waals surface area contributed by atoms with Crippen LogP contribution in [0.25, 0.3) is 11.6 Å². The number of nitro groups is 1. The van der Waals surface area contributed by atoms with E-state index >= 15 is 0 Å². The first-order valence-corrected chi connectivity index (χ1v) is 5.48. The van der Waals surface area contributed by atoms with Gasteiger partial charge in [-0.2, -0.15) is 5.26 Å². The Bertz CT molecular complexity index is 655. The molecule has 0 aliphatic carbocycles. The quantitative estimate of drug-likeness (QED) is 0.477. The van der Waals surface area contributed by atoms with E-state index in [9.17, 15) is 10.1 Å². The smallest absolute Gasteiger partial charge is 0.258 e. The molecule has 2 rings (SSSR count). The molecule has 1 aromatic heterocycles. The molecule has 0 N–H and O–H groups in total. The third kappa shape index (κ3) is 3.01. The van der Waals surface area contributed by atoms with Gasteiger partial charge in [0.25, 0.3) is 5.69 Å². The maximum absolute atomic E-state index is 10.5. The number of allylic oxidation sites excluding steroid dienone is 1. The van der Waals surface area contributed by atoms with Crippen molar-refractivity contribution in [2.24, 2.45) is 0 Å². The highest BCUT2D eigenvalue weighted by Crippen LogP contribution is 2.18. The molecule has 19 heavy (non-hydrogen) atoms. The van der Waals surface area contributed by atoms with E-state index in [2.05, 4.69) is 11.1 Å². The van der Waals surface area contributed by atoms with E-state index in [4.69, 9.17) is 5.26 Å². The minimum absolute atomic E-state index is 0.0218. The molecule has 0 radical (unpaired) electrons. The molecule has 0 fully saturated rings. The van der Waals surface area contributed by atoms with Crippen LogP contribution in [-0.2, 0) is 0 Å². The maximum atomic E-state index is 10.5. The molecule has 5 heteroatoms. The lowest BCUT2D eigenvalue weighted by Crippen LogP contribution is -1.88. The first kappa shape index (κ1) is 12.5. The number of pyridine rings is 1. The molecule has 0 aliphatic rings. The summed E-state index contributed by atoms with van der Waals surface area (Å²) < 4.78 is 0. The lowest BCUT2D eigenvalue weighted by molar-refractivity contribution is -0.384. The molecule has 2 aromatic rings. The van der Waals surface area contributed by atoms with Crippen LogP contribution < -0.4 is 0 Å². The van der Waals surface area contributed by atoms with E-state index < -0.39 is 4.92 Å². The Morgan fingerprint density at radius 3 is 2.53 bits per heavy atom. The van der Waals surface area contributed by atoms with Gasteiger partial charge in [-0.15, -0.1) is 0 Å². The van der Waals surface area contributed by atoms with Gasteiger partial charge in [0.1, 0.15) is 6.07 Å². The van der Waals surface area contributed by atoms with Crippen molar-refractivity contribution in [3.63, 3.8) is 0 Å². The summed E-state index contributed by atoms with van der Waals surface area (Å²) in [6.45, 7) is 0. The SMILES string of the molecule is N#C/C(=C\c1ccc([N+](=O)[O-])cc1)c1ccccn1. The maximum Gasteiger partial charge on any atom is 0.269 e. The number of hydrogen-bond donors (Lipinski definition) is 0. The predicted molar refractivity (Wildman–Crippen MR) is 70.8 cm³/mol. The zero-order chi connectivity index (χ0) is 13.7. The first-order chi connectivity index (χ1) is 9.20. The highest BCUT2D eigenvalue weighted by atomic mass is 16.6. The van der Waals surface area contributed by atoms with Crippen LogP contribution in [0, 0.1) is 21.4 Å². The Labute approximate surface area is 109 Å². The standard InChI is InChI=1S/C14H9N3O2/c15-10-12(14-3-1-2-8-16-14)9-11-4-6-13(7-5-11)17(18)19/h1-9H/b12-9+. The summed E-state index contributed by atoms with van der Waals surface area (Å²) in [5.74, 6) is 0. The predicted octanol–water partition coefficient (Wildman–Crippen LogP) is 3.05. The summed E-state index contributed by atoms with van der Waals surface area (Å²) >= 11 is 0. The van der Waals surface area contributed by atoms with Gasteiger partial charge in [0.2, 0.25) is 0 Å². The van der Waals surface area contributed by atoms with Gasteiger partial charge >= 0.3 is 0 Å². The minimum atomic E-state index is -0.461. The lowest BCUT2D eigenvalue weighted by Gasteiger charge is -1.98. The summed E-state index contributed by atoms with van der Waals surface area (Å²) in [7, 11) is 0. The average Bonchev–Trinajstić information content (AvgIpc) is 2.46. The molecule has 1 aromatic carbocycles. The van der Waals surface area contributed by atoms with Gasteiger partial charge in [-0.25, -0.2) is 0 Å². The highest BCUT2D eigenvalue weighted by Gasteiger charge is 2.05. The summed E-state index contributed by atoms with van der Waals surface area (Å²) in [4.78, 5) is 14.2. The summed E-state index contributed by atoms with van der Waals surface area (Å²) in [5, 5.41) is 19.7. The van der Waals surface area contributed by atoms with Crippen LogP contribution in [0.3, 0.4) is 0 Å². The Balaban J connectivity index is 2.34. The second-order valence-corrected chi connectivity index (χ2v) is 3.73. The van der Waals surface area contributed by atoms with Crippen LogP contribution in [0.1, 0.15) is 11.3 Å². The van der Waals surface area contributed by atoms with Crippen LogP contribution in [0.2, 0.25) is 0 Å². The van der Waals surface area contributed by atoms with E-state index in [-0.39, 0.29) is 5.69 Å². The fraction of sp³-hybridized carbons (Fsp3) is 0. The zero-order valence-corrected chi connectivity index (χ0v) is 9.85. The van der Waals surface area contributed by atoms with Crippen molar-refractivity contribution in [1.82, 2.24) is 4.98 Å². The molecule has 92 valence electrons. The minimum Gasteiger partial charge on any atom is -0.258 e. The van der Waals surface area contributed by atoms with Crippen molar-refractivity contribution in [2.75, 3.05) is 0 Å². The molecule has 0 amide bonds. The molecule has 0 atom stereocenters. The fourth-order valence-electron chi connectivity index (χ4n) is 1.54. The molecule has 0 bridgehead atoms.